The van der Waals surface area contributed by atoms with E-state index in [0.717, 1.165) is 23.3 Å². The third-order valence-electron chi connectivity index (χ3n) is 3.73. The summed E-state index contributed by atoms with van der Waals surface area (Å²) in [5, 5.41) is 15.4. The lowest BCUT2D eigenvalue weighted by Gasteiger charge is -2.07. The van der Waals surface area contributed by atoms with Crippen molar-refractivity contribution < 1.29 is 9.53 Å². The third-order valence-corrected chi connectivity index (χ3v) is 4.09. The van der Waals surface area contributed by atoms with Crippen LogP contribution in [-0.2, 0) is 17.8 Å². The molecule has 0 bridgehead atoms. The van der Waals surface area contributed by atoms with Crippen molar-refractivity contribution in [1.29, 1.82) is 5.26 Å². The lowest BCUT2D eigenvalue weighted by Crippen LogP contribution is -2.25. The molecule has 134 valence electrons. The second-order valence-electron chi connectivity index (χ2n) is 5.50. The zero-order chi connectivity index (χ0) is 18.8. The first-order valence-electron chi connectivity index (χ1n) is 8.12. The Morgan fingerprint density at radius 3 is 2.62 bits per heavy atom. The van der Waals surface area contributed by atoms with Gasteiger partial charge in [0.2, 0.25) is 0 Å². The molecule has 5 nitrogen and oxygen atoms in total. The molecule has 0 unspecified atom stereocenters. The average Bonchev–Trinajstić information content (AvgIpc) is 2.67. The molecule has 0 aliphatic rings. The highest BCUT2D eigenvalue weighted by Crippen LogP contribution is 2.14. The monoisotopic (exact) mass is 369 g/mol. The van der Waals surface area contributed by atoms with Gasteiger partial charge in [0.15, 0.2) is 0 Å². The fourth-order valence-corrected chi connectivity index (χ4v) is 2.45. The quantitative estimate of drug-likeness (QED) is 0.425. The second kappa shape index (κ2) is 10.1. The molecule has 0 atom stereocenters. The van der Waals surface area contributed by atoms with Crippen molar-refractivity contribution in [1.82, 2.24) is 10.6 Å². The molecule has 0 aromatic heterocycles. The highest BCUT2D eigenvalue weighted by atomic mass is 35.5. The number of nitrogens with one attached hydrogen (secondary N) is 2. The SMILES string of the molecule is COc1ccc(CCN/C=C(/C#N)C(=O)NCc2ccccc2Cl)cc1. The minimum Gasteiger partial charge on any atom is -0.497 e. The number of rotatable bonds is 8. The zero-order valence-corrected chi connectivity index (χ0v) is 15.2. The van der Waals surface area contributed by atoms with Crippen molar-refractivity contribution in [2.75, 3.05) is 13.7 Å². The summed E-state index contributed by atoms with van der Waals surface area (Å²) in [5.41, 5.74) is 1.95. The summed E-state index contributed by atoms with van der Waals surface area (Å²) in [5.74, 6) is 0.368. The van der Waals surface area contributed by atoms with E-state index >= 15 is 0 Å². The number of benzene rings is 2. The predicted octanol–water partition coefficient (Wildman–Crippen LogP) is 3.20. The van der Waals surface area contributed by atoms with E-state index in [1.165, 1.54) is 6.20 Å². The first-order valence-corrected chi connectivity index (χ1v) is 8.50. The van der Waals surface area contributed by atoms with Gasteiger partial charge in [-0.2, -0.15) is 5.26 Å². The van der Waals surface area contributed by atoms with E-state index in [0.29, 0.717) is 11.6 Å². The van der Waals surface area contributed by atoms with Gasteiger partial charge in [0.25, 0.3) is 5.91 Å². The summed E-state index contributed by atoms with van der Waals surface area (Å²) in [6.45, 7) is 0.874. The number of amides is 1. The molecular formula is C20H20ClN3O2. The zero-order valence-electron chi connectivity index (χ0n) is 14.5. The van der Waals surface area contributed by atoms with Crippen LogP contribution in [0.3, 0.4) is 0 Å². The second-order valence-corrected chi connectivity index (χ2v) is 5.90. The minimum atomic E-state index is -0.440. The van der Waals surface area contributed by atoms with Crippen LogP contribution in [0.15, 0.2) is 60.3 Å². The van der Waals surface area contributed by atoms with Gasteiger partial charge in [0.05, 0.1) is 7.11 Å². The molecule has 2 aromatic rings. The van der Waals surface area contributed by atoms with Crippen molar-refractivity contribution in [2.45, 2.75) is 13.0 Å². The van der Waals surface area contributed by atoms with Gasteiger partial charge in [-0.15, -0.1) is 0 Å². The number of carbonyl (C=O) groups is 1. The smallest absolute Gasteiger partial charge is 0.263 e. The number of hydrogen-bond acceptors (Lipinski definition) is 4. The van der Waals surface area contributed by atoms with E-state index in [-0.39, 0.29) is 12.1 Å². The third kappa shape index (κ3) is 5.83. The van der Waals surface area contributed by atoms with Crippen LogP contribution in [0.25, 0.3) is 0 Å². The number of halogens is 1. The van der Waals surface area contributed by atoms with Crippen molar-refractivity contribution in [3.63, 3.8) is 0 Å². The first-order chi connectivity index (χ1) is 12.6. The van der Waals surface area contributed by atoms with Crippen LogP contribution in [0.1, 0.15) is 11.1 Å². The van der Waals surface area contributed by atoms with E-state index in [2.05, 4.69) is 10.6 Å². The molecule has 2 N–H and O–H groups in total. The lowest BCUT2D eigenvalue weighted by atomic mass is 10.1. The fourth-order valence-electron chi connectivity index (χ4n) is 2.24. The molecule has 0 heterocycles. The summed E-state index contributed by atoms with van der Waals surface area (Å²) in [6, 6.07) is 16.9. The van der Waals surface area contributed by atoms with Gasteiger partial charge in [-0.05, 0) is 35.7 Å². The molecule has 2 aromatic carbocycles. The molecule has 0 fully saturated rings. The van der Waals surface area contributed by atoms with Crippen LogP contribution in [0, 0.1) is 11.3 Å². The maximum Gasteiger partial charge on any atom is 0.263 e. The van der Waals surface area contributed by atoms with E-state index in [9.17, 15) is 4.79 Å². The van der Waals surface area contributed by atoms with Crippen molar-refractivity contribution in [3.05, 3.63) is 76.5 Å². The van der Waals surface area contributed by atoms with Crippen molar-refractivity contribution >= 4 is 17.5 Å². The summed E-state index contributed by atoms with van der Waals surface area (Å²) in [6.07, 6.45) is 2.20. The molecule has 0 saturated carbocycles. The highest BCUT2D eigenvalue weighted by molar-refractivity contribution is 6.31. The van der Waals surface area contributed by atoms with E-state index in [4.69, 9.17) is 21.6 Å². The Hall–Kier alpha value is -2.97. The maximum atomic E-state index is 12.1. The van der Waals surface area contributed by atoms with E-state index in [1.807, 2.05) is 48.5 Å². The van der Waals surface area contributed by atoms with Gasteiger partial charge in [0.1, 0.15) is 17.4 Å². The highest BCUT2D eigenvalue weighted by Gasteiger charge is 2.09. The largest absolute Gasteiger partial charge is 0.497 e. The van der Waals surface area contributed by atoms with Crippen molar-refractivity contribution in [3.8, 4) is 11.8 Å². The number of carbonyl (C=O) groups excluding carboxylic acids is 1. The summed E-state index contributed by atoms with van der Waals surface area (Å²) in [7, 11) is 1.63. The summed E-state index contributed by atoms with van der Waals surface area (Å²) in [4.78, 5) is 12.1. The van der Waals surface area contributed by atoms with Gasteiger partial charge < -0.3 is 15.4 Å². The normalized spacial score (nSPS) is 10.7. The van der Waals surface area contributed by atoms with Crippen LogP contribution in [0.4, 0.5) is 0 Å². The molecule has 0 radical (unpaired) electrons. The molecule has 0 aliphatic carbocycles. The van der Waals surface area contributed by atoms with E-state index in [1.54, 1.807) is 13.2 Å². The first kappa shape index (κ1) is 19.4. The molecule has 2 rings (SSSR count). The Kier molecular flexibility index (Phi) is 7.53. The Labute approximate surface area is 158 Å². The topological polar surface area (TPSA) is 74.1 Å². The van der Waals surface area contributed by atoms with Gasteiger partial charge in [-0.1, -0.05) is 41.9 Å². The number of hydrogen-bond donors (Lipinski definition) is 2. The Balaban J connectivity index is 1.81. The molecule has 6 heteroatoms. The number of nitrogens with zero attached hydrogens (tertiary/aromatic N) is 1. The average molecular weight is 370 g/mol. The molecule has 1 amide bonds. The summed E-state index contributed by atoms with van der Waals surface area (Å²) >= 11 is 6.05. The molecule has 0 saturated heterocycles. The van der Waals surface area contributed by atoms with E-state index < -0.39 is 5.91 Å². The van der Waals surface area contributed by atoms with Gasteiger partial charge in [-0.3, -0.25) is 4.79 Å². The molecule has 26 heavy (non-hydrogen) atoms. The predicted molar refractivity (Wildman–Crippen MR) is 102 cm³/mol. The van der Waals surface area contributed by atoms with Crippen LogP contribution in [-0.4, -0.2) is 19.6 Å². The molecular weight excluding hydrogens is 350 g/mol. The van der Waals surface area contributed by atoms with Crippen LogP contribution < -0.4 is 15.4 Å². The minimum absolute atomic E-state index is 0.0202. The number of ether oxygens (including phenoxy) is 1. The Morgan fingerprint density at radius 2 is 1.96 bits per heavy atom. The summed E-state index contributed by atoms with van der Waals surface area (Å²) < 4.78 is 5.12. The van der Waals surface area contributed by atoms with Crippen LogP contribution in [0.5, 0.6) is 5.75 Å². The Morgan fingerprint density at radius 1 is 1.23 bits per heavy atom. The van der Waals surface area contributed by atoms with Crippen LogP contribution >= 0.6 is 11.6 Å². The number of methoxy groups -OCH3 is 1. The Bertz CT molecular complexity index is 811. The molecule has 0 spiro atoms. The van der Waals surface area contributed by atoms with Gasteiger partial charge in [0, 0.05) is 24.3 Å². The van der Waals surface area contributed by atoms with Gasteiger partial charge >= 0.3 is 0 Å². The lowest BCUT2D eigenvalue weighted by molar-refractivity contribution is -0.117. The van der Waals surface area contributed by atoms with Crippen LogP contribution in [0.2, 0.25) is 5.02 Å². The van der Waals surface area contributed by atoms with Crippen molar-refractivity contribution in [2.24, 2.45) is 0 Å². The number of nitriles is 1. The standard InChI is InChI=1S/C20H20ClN3O2/c1-26-18-8-6-15(7-9-18)10-11-23-13-17(12-22)20(25)24-14-16-4-2-3-5-19(16)21/h2-9,13,23H,10-11,14H2,1H3,(H,24,25)/b17-13-. The maximum absolute atomic E-state index is 12.1. The molecule has 0 aliphatic heterocycles. The van der Waals surface area contributed by atoms with Gasteiger partial charge in [-0.25, -0.2) is 0 Å². The fraction of sp³-hybridized carbons (Fsp3) is 0.200.